The summed E-state index contributed by atoms with van der Waals surface area (Å²) in [6, 6.07) is 14.7. The Morgan fingerprint density at radius 2 is 1.95 bits per heavy atom. The molecule has 0 fully saturated rings. The molecule has 0 aliphatic rings. The lowest BCUT2D eigenvalue weighted by Gasteiger charge is -2.20. The molecule has 0 aliphatic carbocycles. The summed E-state index contributed by atoms with van der Waals surface area (Å²) in [5.74, 6) is -0.198. The van der Waals surface area contributed by atoms with Crippen LogP contribution in [-0.4, -0.2) is 6.54 Å². The third-order valence-electron chi connectivity index (χ3n) is 3.25. The van der Waals surface area contributed by atoms with Gasteiger partial charge in [0.05, 0.1) is 0 Å². The van der Waals surface area contributed by atoms with Crippen molar-refractivity contribution >= 4 is 11.6 Å². The van der Waals surface area contributed by atoms with Gasteiger partial charge in [0.15, 0.2) is 0 Å². The Morgan fingerprint density at radius 1 is 1.15 bits per heavy atom. The lowest BCUT2D eigenvalue weighted by Crippen LogP contribution is -2.24. The summed E-state index contributed by atoms with van der Waals surface area (Å²) < 4.78 is 13.3. The summed E-state index contributed by atoms with van der Waals surface area (Å²) in [6.45, 7) is 3.03. The highest BCUT2D eigenvalue weighted by molar-refractivity contribution is 6.31. The molecule has 0 aromatic heterocycles. The largest absolute Gasteiger partial charge is 0.310 e. The van der Waals surface area contributed by atoms with Crippen LogP contribution < -0.4 is 5.32 Å². The monoisotopic (exact) mass is 291 g/mol. The van der Waals surface area contributed by atoms with Crippen molar-refractivity contribution in [2.24, 2.45) is 0 Å². The minimum Gasteiger partial charge on any atom is -0.310 e. The van der Waals surface area contributed by atoms with Crippen LogP contribution in [0.3, 0.4) is 0 Å². The van der Waals surface area contributed by atoms with Gasteiger partial charge in [0, 0.05) is 11.1 Å². The molecule has 1 atom stereocenters. The van der Waals surface area contributed by atoms with Gasteiger partial charge in [0.2, 0.25) is 0 Å². The third-order valence-corrected chi connectivity index (χ3v) is 3.59. The topological polar surface area (TPSA) is 12.0 Å². The summed E-state index contributed by atoms with van der Waals surface area (Å²) in [7, 11) is 0. The van der Waals surface area contributed by atoms with Crippen molar-refractivity contribution in [1.82, 2.24) is 5.32 Å². The third kappa shape index (κ3) is 4.06. The molecular formula is C17H19ClFN. The second-order valence-electron chi connectivity index (χ2n) is 4.86. The molecule has 0 bridgehead atoms. The predicted molar refractivity (Wildman–Crippen MR) is 82.6 cm³/mol. The Balaban J connectivity index is 2.22. The Bertz CT molecular complexity index is 556. The molecule has 106 valence electrons. The van der Waals surface area contributed by atoms with Crippen molar-refractivity contribution in [3.05, 3.63) is 70.5 Å². The minimum atomic E-state index is -0.198. The number of rotatable bonds is 6. The van der Waals surface area contributed by atoms with Gasteiger partial charge in [-0.15, -0.1) is 0 Å². The lowest BCUT2D eigenvalue weighted by atomic mass is 9.98. The molecule has 0 aliphatic heterocycles. The van der Waals surface area contributed by atoms with Crippen LogP contribution in [-0.2, 0) is 6.42 Å². The normalized spacial score (nSPS) is 12.3. The molecule has 0 spiro atoms. The summed E-state index contributed by atoms with van der Waals surface area (Å²) in [6.07, 6.45) is 1.77. The van der Waals surface area contributed by atoms with Gasteiger partial charge in [-0.3, -0.25) is 0 Å². The van der Waals surface area contributed by atoms with Crippen LogP contribution in [0.25, 0.3) is 0 Å². The van der Waals surface area contributed by atoms with Crippen LogP contribution in [0, 0.1) is 5.82 Å². The average Bonchev–Trinajstić information content (AvgIpc) is 2.44. The highest BCUT2D eigenvalue weighted by atomic mass is 35.5. The van der Waals surface area contributed by atoms with E-state index >= 15 is 0 Å². The van der Waals surface area contributed by atoms with Crippen LogP contribution in [0.1, 0.15) is 30.5 Å². The maximum absolute atomic E-state index is 13.3. The van der Waals surface area contributed by atoms with Gasteiger partial charge < -0.3 is 5.32 Å². The van der Waals surface area contributed by atoms with Crippen LogP contribution in [0.5, 0.6) is 0 Å². The number of nitrogens with one attached hydrogen (secondary N) is 1. The maximum Gasteiger partial charge on any atom is 0.123 e. The van der Waals surface area contributed by atoms with E-state index in [0.29, 0.717) is 0 Å². The molecule has 20 heavy (non-hydrogen) atoms. The van der Waals surface area contributed by atoms with Gasteiger partial charge in [-0.05, 0) is 48.7 Å². The molecule has 0 saturated carbocycles. The highest BCUT2D eigenvalue weighted by Gasteiger charge is 2.14. The first-order valence-electron chi connectivity index (χ1n) is 6.93. The van der Waals surface area contributed by atoms with Crippen LogP contribution in [0.4, 0.5) is 4.39 Å². The number of benzene rings is 2. The average molecular weight is 292 g/mol. The van der Waals surface area contributed by atoms with E-state index < -0.39 is 0 Å². The summed E-state index contributed by atoms with van der Waals surface area (Å²) >= 11 is 6.28. The second-order valence-corrected chi connectivity index (χ2v) is 5.27. The standard InChI is InChI=1S/C17H19ClFN/c1-2-10-20-17(15-8-3-4-9-16(15)18)12-13-6-5-7-14(19)11-13/h3-9,11,17,20H,2,10,12H2,1H3. The van der Waals surface area contributed by atoms with Gasteiger partial charge in [0.1, 0.15) is 5.82 Å². The number of hydrogen-bond donors (Lipinski definition) is 1. The van der Waals surface area contributed by atoms with Crippen molar-refractivity contribution in [2.75, 3.05) is 6.54 Å². The predicted octanol–water partition coefficient (Wildman–Crippen LogP) is 4.76. The molecule has 0 radical (unpaired) electrons. The Labute approximate surface area is 124 Å². The lowest BCUT2D eigenvalue weighted by molar-refractivity contribution is 0.527. The minimum absolute atomic E-state index is 0.102. The molecule has 3 heteroatoms. The van der Waals surface area contributed by atoms with Crippen molar-refractivity contribution in [2.45, 2.75) is 25.8 Å². The van der Waals surface area contributed by atoms with E-state index in [-0.39, 0.29) is 11.9 Å². The molecule has 2 rings (SSSR count). The first kappa shape index (κ1) is 15.0. The van der Waals surface area contributed by atoms with E-state index in [1.54, 1.807) is 12.1 Å². The van der Waals surface area contributed by atoms with Crippen molar-refractivity contribution in [3.8, 4) is 0 Å². The van der Waals surface area contributed by atoms with E-state index in [2.05, 4.69) is 12.2 Å². The second kappa shape index (κ2) is 7.41. The fraction of sp³-hybridized carbons (Fsp3) is 0.294. The van der Waals surface area contributed by atoms with Gasteiger partial charge in [-0.1, -0.05) is 48.9 Å². The quantitative estimate of drug-likeness (QED) is 0.809. The first-order valence-corrected chi connectivity index (χ1v) is 7.30. The fourth-order valence-electron chi connectivity index (χ4n) is 2.27. The molecule has 0 heterocycles. The Hall–Kier alpha value is -1.38. The Morgan fingerprint density at radius 3 is 2.65 bits per heavy atom. The molecule has 2 aromatic rings. The van der Waals surface area contributed by atoms with Crippen molar-refractivity contribution < 1.29 is 4.39 Å². The molecule has 2 aromatic carbocycles. The van der Waals surface area contributed by atoms with E-state index in [4.69, 9.17) is 11.6 Å². The zero-order valence-electron chi connectivity index (χ0n) is 11.6. The van der Waals surface area contributed by atoms with E-state index in [1.807, 2.05) is 30.3 Å². The van der Waals surface area contributed by atoms with E-state index in [0.717, 1.165) is 35.5 Å². The first-order chi connectivity index (χ1) is 9.70. The van der Waals surface area contributed by atoms with Crippen LogP contribution >= 0.6 is 11.6 Å². The summed E-state index contributed by atoms with van der Waals surface area (Å²) in [4.78, 5) is 0. The van der Waals surface area contributed by atoms with Crippen molar-refractivity contribution in [1.29, 1.82) is 0 Å². The molecular weight excluding hydrogens is 273 g/mol. The Kier molecular flexibility index (Phi) is 5.57. The summed E-state index contributed by atoms with van der Waals surface area (Å²) in [5.41, 5.74) is 2.03. The number of halogens is 2. The zero-order valence-corrected chi connectivity index (χ0v) is 12.3. The van der Waals surface area contributed by atoms with Gasteiger partial charge in [-0.25, -0.2) is 4.39 Å². The van der Waals surface area contributed by atoms with Crippen LogP contribution in [0.15, 0.2) is 48.5 Å². The summed E-state index contributed by atoms with van der Waals surface area (Å²) in [5, 5.41) is 4.24. The van der Waals surface area contributed by atoms with E-state index in [1.165, 1.54) is 6.07 Å². The van der Waals surface area contributed by atoms with Crippen LogP contribution in [0.2, 0.25) is 5.02 Å². The molecule has 1 unspecified atom stereocenters. The van der Waals surface area contributed by atoms with Gasteiger partial charge in [0.25, 0.3) is 0 Å². The highest BCUT2D eigenvalue weighted by Crippen LogP contribution is 2.25. The van der Waals surface area contributed by atoms with Gasteiger partial charge in [-0.2, -0.15) is 0 Å². The molecule has 0 saturated heterocycles. The van der Waals surface area contributed by atoms with E-state index in [9.17, 15) is 4.39 Å². The zero-order chi connectivity index (χ0) is 14.4. The SMILES string of the molecule is CCCNC(Cc1cccc(F)c1)c1ccccc1Cl. The maximum atomic E-state index is 13.3. The number of hydrogen-bond acceptors (Lipinski definition) is 1. The van der Waals surface area contributed by atoms with Crippen molar-refractivity contribution in [3.63, 3.8) is 0 Å². The molecule has 1 nitrogen and oxygen atoms in total. The molecule has 1 N–H and O–H groups in total. The molecule has 0 amide bonds. The smallest absolute Gasteiger partial charge is 0.123 e. The fourth-order valence-corrected chi connectivity index (χ4v) is 2.54. The van der Waals surface area contributed by atoms with Gasteiger partial charge >= 0.3 is 0 Å².